The molecule has 0 bridgehead atoms. The molecule has 0 amide bonds. The molecule has 0 heterocycles. The fourth-order valence-corrected chi connectivity index (χ4v) is 1.91. The third kappa shape index (κ3) is 13.4. The highest BCUT2D eigenvalue weighted by molar-refractivity contribution is 6.63. The highest BCUT2D eigenvalue weighted by atomic mass is 35.5. The molecule has 0 unspecified atom stereocenters. The van der Waals surface area contributed by atoms with Gasteiger partial charge >= 0.3 is 0 Å². The predicted octanol–water partition coefficient (Wildman–Crippen LogP) is 5.59. The SMILES string of the molecule is CCCCCCCCCC(=O)Cl.COc1ccccc1. The molecule has 0 aliphatic heterocycles. The van der Waals surface area contributed by atoms with Crippen molar-refractivity contribution < 1.29 is 9.53 Å². The zero-order valence-corrected chi connectivity index (χ0v) is 13.5. The van der Waals surface area contributed by atoms with E-state index in [0.29, 0.717) is 6.42 Å². The van der Waals surface area contributed by atoms with E-state index in [1.165, 1.54) is 32.1 Å². The molecule has 1 rings (SSSR count). The third-order valence-corrected chi connectivity index (χ3v) is 3.14. The van der Waals surface area contributed by atoms with Crippen LogP contribution in [0.3, 0.4) is 0 Å². The van der Waals surface area contributed by atoms with Crippen LogP contribution in [0.25, 0.3) is 0 Å². The number of ether oxygens (including phenoxy) is 1. The van der Waals surface area contributed by atoms with Crippen LogP contribution in [0.5, 0.6) is 5.75 Å². The summed E-state index contributed by atoms with van der Waals surface area (Å²) in [6, 6.07) is 9.68. The third-order valence-electron chi connectivity index (χ3n) is 2.96. The van der Waals surface area contributed by atoms with E-state index < -0.39 is 0 Å². The van der Waals surface area contributed by atoms with E-state index >= 15 is 0 Å². The lowest BCUT2D eigenvalue weighted by molar-refractivity contribution is -0.111. The van der Waals surface area contributed by atoms with E-state index in [0.717, 1.165) is 18.6 Å². The highest BCUT2D eigenvalue weighted by Gasteiger charge is 1.95. The summed E-state index contributed by atoms with van der Waals surface area (Å²) >= 11 is 5.20. The van der Waals surface area contributed by atoms with Gasteiger partial charge in [-0.2, -0.15) is 0 Å². The first kappa shape index (κ1) is 19.0. The van der Waals surface area contributed by atoms with Crippen molar-refractivity contribution in [1.82, 2.24) is 0 Å². The molecular weight excluding hydrogens is 272 g/mol. The Hall–Kier alpha value is -1.02. The molecule has 0 radical (unpaired) electrons. The molecule has 1 aromatic rings. The Labute approximate surface area is 128 Å². The second-order valence-electron chi connectivity index (χ2n) is 4.74. The maximum absolute atomic E-state index is 10.3. The zero-order valence-electron chi connectivity index (χ0n) is 12.7. The molecule has 0 fully saturated rings. The second-order valence-corrected chi connectivity index (χ2v) is 5.17. The minimum atomic E-state index is -0.191. The first-order valence-corrected chi connectivity index (χ1v) is 7.85. The maximum Gasteiger partial charge on any atom is 0.221 e. The van der Waals surface area contributed by atoms with Crippen molar-refractivity contribution >= 4 is 16.8 Å². The van der Waals surface area contributed by atoms with Crippen LogP contribution in [0, 0.1) is 0 Å². The minimum absolute atomic E-state index is 0.191. The van der Waals surface area contributed by atoms with E-state index in [1.807, 2.05) is 30.3 Å². The van der Waals surface area contributed by atoms with Gasteiger partial charge < -0.3 is 4.74 Å². The number of unbranched alkanes of at least 4 members (excludes halogenated alkanes) is 6. The van der Waals surface area contributed by atoms with Crippen molar-refractivity contribution in [2.45, 2.75) is 58.3 Å². The van der Waals surface area contributed by atoms with E-state index in [2.05, 4.69) is 6.92 Å². The molecule has 1 aromatic carbocycles. The molecule has 0 atom stereocenters. The topological polar surface area (TPSA) is 26.3 Å². The predicted molar refractivity (Wildman–Crippen MR) is 86.5 cm³/mol. The van der Waals surface area contributed by atoms with Gasteiger partial charge in [0.1, 0.15) is 5.75 Å². The van der Waals surface area contributed by atoms with Crippen LogP contribution in [0.1, 0.15) is 58.3 Å². The number of benzene rings is 1. The van der Waals surface area contributed by atoms with Crippen LogP contribution in [-0.2, 0) is 4.79 Å². The van der Waals surface area contributed by atoms with Gasteiger partial charge in [0, 0.05) is 6.42 Å². The molecule has 20 heavy (non-hydrogen) atoms. The fraction of sp³-hybridized carbons (Fsp3) is 0.588. The van der Waals surface area contributed by atoms with Crippen LogP contribution in [0.15, 0.2) is 30.3 Å². The van der Waals surface area contributed by atoms with E-state index in [4.69, 9.17) is 16.3 Å². The number of halogens is 1. The van der Waals surface area contributed by atoms with Crippen LogP contribution in [-0.4, -0.2) is 12.4 Å². The molecular formula is C17H27ClO2. The fourth-order valence-electron chi connectivity index (χ4n) is 1.78. The number of hydrogen-bond acceptors (Lipinski definition) is 2. The summed E-state index contributed by atoms with van der Waals surface area (Å²) in [5, 5.41) is -0.191. The molecule has 0 saturated carbocycles. The average Bonchev–Trinajstić information content (AvgIpc) is 2.47. The number of methoxy groups -OCH3 is 1. The average molecular weight is 299 g/mol. The monoisotopic (exact) mass is 298 g/mol. The number of para-hydroxylation sites is 1. The molecule has 3 heteroatoms. The molecule has 0 aliphatic carbocycles. The Balaban J connectivity index is 0.000000388. The van der Waals surface area contributed by atoms with E-state index in [1.54, 1.807) is 7.11 Å². The second kappa shape index (κ2) is 14.4. The van der Waals surface area contributed by atoms with E-state index in [-0.39, 0.29) is 5.24 Å². The van der Waals surface area contributed by atoms with Gasteiger partial charge in [0.25, 0.3) is 0 Å². The summed E-state index contributed by atoms with van der Waals surface area (Å²) in [6.07, 6.45) is 9.21. The van der Waals surface area contributed by atoms with Gasteiger partial charge in [-0.25, -0.2) is 0 Å². The largest absolute Gasteiger partial charge is 0.497 e. The minimum Gasteiger partial charge on any atom is -0.497 e. The van der Waals surface area contributed by atoms with E-state index in [9.17, 15) is 4.79 Å². The maximum atomic E-state index is 10.3. The lowest BCUT2D eigenvalue weighted by atomic mass is 10.1. The van der Waals surface area contributed by atoms with Crippen molar-refractivity contribution in [3.05, 3.63) is 30.3 Å². The Kier molecular flexibility index (Phi) is 13.7. The Morgan fingerprint density at radius 2 is 1.55 bits per heavy atom. The highest BCUT2D eigenvalue weighted by Crippen LogP contribution is 2.09. The summed E-state index contributed by atoms with van der Waals surface area (Å²) in [5.41, 5.74) is 0. The molecule has 0 saturated heterocycles. The first-order valence-electron chi connectivity index (χ1n) is 7.48. The molecule has 114 valence electrons. The zero-order chi connectivity index (χ0) is 15.1. The summed E-state index contributed by atoms with van der Waals surface area (Å²) in [4.78, 5) is 10.3. The van der Waals surface area contributed by atoms with Crippen LogP contribution >= 0.6 is 11.6 Å². The summed E-state index contributed by atoms with van der Waals surface area (Å²) in [7, 11) is 1.66. The Morgan fingerprint density at radius 3 is 2.00 bits per heavy atom. The van der Waals surface area contributed by atoms with Gasteiger partial charge in [0.15, 0.2) is 0 Å². The number of rotatable bonds is 9. The lowest BCUT2D eigenvalue weighted by Crippen LogP contribution is -1.86. The van der Waals surface area contributed by atoms with Crippen LogP contribution in [0.4, 0.5) is 0 Å². The van der Waals surface area contributed by atoms with Crippen LogP contribution in [0.2, 0.25) is 0 Å². The molecule has 2 nitrogen and oxygen atoms in total. The van der Waals surface area contributed by atoms with Gasteiger partial charge in [-0.05, 0) is 30.2 Å². The van der Waals surface area contributed by atoms with Crippen molar-refractivity contribution in [2.75, 3.05) is 7.11 Å². The van der Waals surface area contributed by atoms with Crippen molar-refractivity contribution in [2.24, 2.45) is 0 Å². The number of carbonyl (C=O) groups excluding carboxylic acids is 1. The van der Waals surface area contributed by atoms with Gasteiger partial charge in [0.05, 0.1) is 7.11 Å². The first-order chi connectivity index (χ1) is 9.70. The van der Waals surface area contributed by atoms with Crippen molar-refractivity contribution in [1.29, 1.82) is 0 Å². The number of carbonyl (C=O) groups is 1. The van der Waals surface area contributed by atoms with Gasteiger partial charge in [-0.15, -0.1) is 0 Å². The lowest BCUT2D eigenvalue weighted by Gasteiger charge is -1.98. The number of hydrogen-bond donors (Lipinski definition) is 0. The molecule has 0 N–H and O–H groups in total. The van der Waals surface area contributed by atoms with Gasteiger partial charge in [0.2, 0.25) is 5.24 Å². The van der Waals surface area contributed by atoms with Gasteiger partial charge in [-0.3, -0.25) is 4.79 Å². The molecule has 0 aliphatic rings. The van der Waals surface area contributed by atoms with Gasteiger partial charge in [-0.1, -0.05) is 63.6 Å². The smallest absolute Gasteiger partial charge is 0.221 e. The Morgan fingerprint density at radius 1 is 1.00 bits per heavy atom. The molecule has 0 aromatic heterocycles. The summed E-state index contributed by atoms with van der Waals surface area (Å²) < 4.78 is 4.91. The normalized spacial score (nSPS) is 9.55. The standard InChI is InChI=1S/C10H19ClO.C7H8O/c1-2-3-4-5-6-7-8-9-10(11)12;1-8-7-5-3-2-4-6-7/h2-9H2,1H3;2-6H,1H3. The Bertz CT molecular complexity index is 325. The van der Waals surface area contributed by atoms with Crippen LogP contribution < -0.4 is 4.74 Å². The quantitative estimate of drug-likeness (QED) is 0.439. The summed E-state index contributed by atoms with van der Waals surface area (Å²) in [5.74, 6) is 0.910. The van der Waals surface area contributed by atoms with Crippen molar-refractivity contribution in [3.63, 3.8) is 0 Å². The molecule has 0 spiro atoms. The summed E-state index contributed by atoms with van der Waals surface area (Å²) in [6.45, 7) is 2.21. The van der Waals surface area contributed by atoms with Crippen molar-refractivity contribution in [3.8, 4) is 5.75 Å².